The van der Waals surface area contributed by atoms with Gasteiger partial charge in [0.15, 0.2) is 0 Å². The predicted octanol–water partition coefficient (Wildman–Crippen LogP) is 1.07. The number of hydrogen-bond acceptors (Lipinski definition) is 4. The van der Waals surface area contributed by atoms with Crippen molar-refractivity contribution in [2.45, 2.75) is 44.9 Å². The first-order chi connectivity index (χ1) is 9.14. The third-order valence-corrected chi connectivity index (χ3v) is 4.06. The van der Waals surface area contributed by atoms with Crippen LogP contribution in [0.4, 0.5) is 0 Å². The summed E-state index contributed by atoms with van der Waals surface area (Å²) in [6, 6.07) is 5.98. The predicted molar refractivity (Wildman–Crippen MR) is 76.7 cm³/mol. The second-order valence-corrected chi connectivity index (χ2v) is 6.07. The van der Waals surface area contributed by atoms with E-state index >= 15 is 0 Å². The van der Waals surface area contributed by atoms with Crippen molar-refractivity contribution in [2.75, 3.05) is 0 Å². The summed E-state index contributed by atoms with van der Waals surface area (Å²) in [7, 11) is -0.513. The maximum Gasteiger partial charge on any atom is 0.494 e. The van der Waals surface area contributed by atoms with Gasteiger partial charge in [-0.3, -0.25) is 4.79 Å². The molecule has 5 nitrogen and oxygen atoms in total. The summed E-state index contributed by atoms with van der Waals surface area (Å²) in [6.45, 7) is 7.89. The molecule has 0 amide bonds. The van der Waals surface area contributed by atoms with Crippen LogP contribution in [-0.2, 0) is 14.1 Å². The van der Waals surface area contributed by atoms with Gasteiger partial charge in [0.2, 0.25) is 0 Å². The fraction of sp³-hybridized carbons (Fsp3) is 0.500. The number of carboxylic acid groups (broad SMARTS) is 1. The Kier molecular flexibility index (Phi) is 3.66. The van der Waals surface area contributed by atoms with Gasteiger partial charge in [-0.2, -0.15) is 0 Å². The van der Waals surface area contributed by atoms with E-state index < -0.39 is 30.3 Å². The maximum atomic E-state index is 11.0. The fourth-order valence-electron chi connectivity index (χ4n) is 2.02. The van der Waals surface area contributed by atoms with E-state index in [-0.39, 0.29) is 0 Å². The molecule has 1 fully saturated rings. The molecule has 1 atom stereocenters. The van der Waals surface area contributed by atoms with E-state index in [0.29, 0.717) is 5.56 Å². The molecule has 1 saturated heterocycles. The summed E-state index contributed by atoms with van der Waals surface area (Å²) in [5.74, 6) is -1.06. The van der Waals surface area contributed by atoms with E-state index in [1.807, 2.05) is 33.8 Å². The van der Waals surface area contributed by atoms with Gasteiger partial charge in [-0.25, -0.2) is 0 Å². The van der Waals surface area contributed by atoms with Crippen LogP contribution in [0, 0.1) is 0 Å². The van der Waals surface area contributed by atoms with Gasteiger partial charge in [-0.1, -0.05) is 24.3 Å². The number of benzene rings is 1. The molecule has 0 aromatic heterocycles. The smallest absolute Gasteiger partial charge is 0.480 e. The van der Waals surface area contributed by atoms with Gasteiger partial charge in [0.25, 0.3) is 0 Å². The van der Waals surface area contributed by atoms with E-state index in [9.17, 15) is 4.79 Å². The standard InChI is InChI=1S/C14H20BNO4/c1-13(2)14(3,4)20-15(19-13)10-7-5-6-9(8-10)11(16)12(17)18/h5-8,11H,16H2,1-4H3,(H,17,18)/t11-/m1/s1. The van der Waals surface area contributed by atoms with Gasteiger partial charge in [0.05, 0.1) is 11.2 Å². The van der Waals surface area contributed by atoms with Crippen LogP contribution in [0.2, 0.25) is 0 Å². The highest BCUT2D eigenvalue weighted by Crippen LogP contribution is 2.36. The number of aliphatic carboxylic acids is 1. The molecule has 0 radical (unpaired) electrons. The molecule has 0 bridgehead atoms. The van der Waals surface area contributed by atoms with Crippen LogP contribution in [0.25, 0.3) is 0 Å². The van der Waals surface area contributed by atoms with Gasteiger partial charge in [-0.15, -0.1) is 0 Å². The van der Waals surface area contributed by atoms with E-state index in [2.05, 4.69) is 0 Å². The number of rotatable bonds is 3. The van der Waals surface area contributed by atoms with Crippen molar-refractivity contribution in [3.05, 3.63) is 29.8 Å². The molecular weight excluding hydrogens is 257 g/mol. The lowest BCUT2D eigenvalue weighted by molar-refractivity contribution is -0.138. The molecule has 2 rings (SSSR count). The number of carbonyl (C=O) groups is 1. The molecule has 1 aliphatic rings. The lowest BCUT2D eigenvalue weighted by atomic mass is 9.78. The fourth-order valence-corrected chi connectivity index (χ4v) is 2.02. The van der Waals surface area contributed by atoms with E-state index in [1.54, 1.807) is 18.2 Å². The van der Waals surface area contributed by atoms with Crippen molar-refractivity contribution in [3.8, 4) is 0 Å². The summed E-state index contributed by atoms with van der Waals surface area (Å²) in [6.07, 6.45) is 0. The van der Waals surface area contributed by atoms with Crippen LogP contribution in [0.1, 0.15) is 39.3 Å². The van der Waals surface area contributed by atoms with Crippen LogP contribution in [-0.4, -0.2) is 29.4 Å². The van der Waals surface area contributed by atoms with Gasteiger partial charge in [-0.05, 0) is 38.7 Å². The van der Waals surface area contributed by atoms with Crippen LogP contribution in [0.3, 0.4) is 0 Å². The van der Waals surface area contributed by atoms with Gasteiger partial charge in [0, 0.05) is 0 Å². The minimum Gasteiger partial charge on any atom is -0.480 e. The van der Waals surface area contributed by atoms with Crippen LogP contribution < -0.4 is 11.2 Å². The first kappa shape index (κ1) is 15.0. The highest BCUT2D eigenvalue weighted by Gasteiger charge is 2.51. The second kappa shape index (κ2) is 4.88. The summed E-state index contributed by atoms with van der Waals surface area (Å²) < 4.78 is 11.9. The van der Waals surface area contributed by atoms with E-state index in [0.717, 1.165) is 5.46 Å². The molecule has 3 N–H and O–H groups in total. The normalized spacial score (nSPS) is 21.8. The summed E-state index contributed by atoms with van der Waals surface area (Å²) in [5, 5.41) is 8.97. The third kappa shape index (κ3) is 2.59. The second-order valence-electron chi connectivity index (χ2n) is 6.07. The summed E-state index contributed by atoms with van der Waals surface area (Å²) in [4.78, 5) is 11.0. The molecule has 0 spiro atoms. The summed E-state index contributed by atoms with van der Waals surface area (Å²) >= 11 is 0. The first-order valence-electron chi connectivity index (χ1n) is 6.58. The highest BCUT2D eigenvalue weighted by molar-refractivity contribution is 6.62. The number of carboxylic acids is 1. The van der Waals surface area contributed by atoms with Crippen molar-refractivity contribution in [1.82, 2.24) is 0 Å². The zero-order chi connectivity index (χ0) is 15.1. The minimum absolute atomic E-state index is 0.428. The topological polar surface area (TPSA) is 81.8 Å². The molecule has 1 aromatic carbocycles. The summed E-state index contributed by atoms with van der Waals surface area (Å²) in [5.41, 5.74) is 6.08. The Labute approximate surface area is 119 Å². The Morgan fingerprint density at radius 1 is 1.25 bits per heavy atom. The zero-order valence-electron chi connectivity index (χ0n) is 12.2. The Bertz CT molecular complexity index is 514. The lowest BCUT2D eigenvalue weighted by Crippen LogP contribution is -2.41. The molecule has 0 unspecified atom stereocenters. The Balaban J connectivity index is 2.28. The van der Waals surface area contributed by atoms with Crippen molar-refractivity contribution < 1.29 is 19.2 Å². The number of hydrogen-bond donors (Lipinski definition) is 2. The van der Waals surface area contributed by atoms with Crippen LogP contribution >= 0.6 is 0 Å². The average molecular weight is 277 g/mol. The lowest BCUT2D eigenvalue weighted by Gasteiger charge is -2.32. The molecule has 108 valence electrons. The van der Waals surface area contributed by atoms with Gasteiger partial charge >= 0.3 is 13.1 Å². The van der Waals surface area contributed by atoms with E-state index in [1.165, 1.54) is 0 Å². The van der Waals surface area contributed by atoms with Gasteiger partial charge < -0.3 is 20.1 Å². The molecule has 0 aliphatic carbocycles. The van der Waals surface area contributed by atoms with Crippen molar-refractivity contribution in [2.24, 2.45) is 5.73 Å². The van der Waals surface area contributed by atoms with Crippen molar-refractivity contribution in [1.29, 1.82) is 0 Å². The van der Waals surface area contributed by atoms with E-state index in [4.69, 9.17) is 20.1 Å². The molecule has 1 heterocycles. The monoisotopic (exact) mass is 277 g/mol. The van der Waals surface area contributed by atoms with Crippen molar-refractivity contribution in [3.63, 3.8) is 0 Å². The average Bonchev–Trinajstić information content (AvgIpc) is 2.57. The minimum atomic E-state index is -1.06. The molecule has 0 saturated carbocycles. The largest absolute Gasteiger partial charge is 0.494 e. The Hall–Kier alpha value is -1.37. The third-order valence-electron chi connectivity index (χ3n) is 4.06. The van der Waals surface area contributed by atoms with Crippen LogP contribution in [0.15, 0.2) is 24.3 Å². The molecule has 1 aromatic rings. The first-order valence-corrected chi connectivity index (χ1v) is 6.58. The van der Waals surface area contributed by atoms with Gasteiger partial charge in [0.1, 0.15) is 6.04 Å². The number of nitrogens with two attached hydrogens (primary N) is 1. The molecule has 20 heavy (non-hydrogen) atoms. The SMILES string of the molecule is CC1(C)OB(c2cccc([C@@H](N)C(=O)O)c2)OC1(C)C. The van der Waals surface area contributed by atoms with Crippen molar-refractivity contribution >= 4 is 18.6 Å². The molecular formula is C14H20BNO4. The molecule has 1 aliphatic heterocycles. The highest BCUT2D eigenvalue weighted by atomic mass is 16.7. The Morgan fingerprint density at radius 3 is 2.30 bits per heavy atom. The Morgan fingerprint density at radius 2 is 1.80 bits per heavy atom. The quantitative estimate of drug-likeness (QED) is 0.808. The maximum absolute atomic E-state index is 11.0. The van der Waals surface area contributed by atoms with Crippen LogP contribution in [0.5, 0.6) is 0 Å². The zero-order valence-corrected chi connectivity index (χ0v) is 12.2. The molecule has 6 heteroatoms.